The van der Waals surface area contributed by atoms with Gasteiger partial charge in [0.25, 0.3) is 0 Å². The van der Waals surface area contributed by atoms with Crippen LogP contribution in [-0.2, 0) is 9.47 Å². The standard InChI is InChI=1S/C12H27NO2S/c1-6-14-12(15-7-2)10-13(4)11(3)8-9-16-5/h11-12H,6-10H2,1-5H3. The molecule has 0 saturated carbocycles. The van der Waals surface area contributed by atoms with Crippen LogP contribution >= 0.6 is 11.8 Å². The van der Waals surface area contributed by atoms with E-state index in [-0.39, 0.29) is 6.29 Å². The molecule has 0 aromatic heterocycles. The molecule has 1 unspecified atom stereocenters. The maximum Gasteiger partial charge on any atom is 0.170 e. The maximum atomic E-state index is 5.54. The van der Waals surface area contributed by atoms with Crippen molar-refractivity contribution in [3.63, 3.8) is 0 Å². The quantitative estimate of drug-likeness (QED) is 0.554. The molecule has 0 rings (SSSR count). The molecule has 4 heteroatoms. The molecule has 1 atom stereocenters. The number of likely N-dealkylation sites (N-methyl/N-ethyl adjacent to an activating group) is 1. The third-order valence-electron chi connectivity index (χ3n) is 2.63. The predicted octanol–water partition coefficient (Wildman–Crippen LogP) is 2.46. The van der Waals surface area contributed by atoms with E-state index in [0.717, 1.165) is 6.54 Å². The van der Waals surface area contributed by atoms with Crippen molar-refractivity contribution in [1.82, 2.24) is 4.90 Å². The molecule has 0 aliphatic carbocycles. The Bertz CT molecular complexity index is 152. The lowest BCUT2D eigenvalue weighted by Gasteiger charge is -2.28. The van der Waals surface area contributed by atoms with Gasteiger partial charge in [-0.2, -0.15) is 11.8 Å². The third-order valence-corrected chi connectivity index (χ3v) is 3.28. The monoisotopic (exact) mass is 249 g/mol. The summed E-state index contributed by atoms with van der Waals surface area (Å²) in [5, 5.41) is 0. The van der Waals surface area contributed by atoms with Gasteiger partial charge in [0.2, 0.25) is 0 Å². The molecule has 0 radical (unpaired) electrons. The Morgan fingerprint density at radius 2 is 1.75 bits per heavy atom. The zero-order valence-corrected chi connectivity index (χ0v) is 12.2. The van der Waals surface area contributed by atoms with Crippen molar-refractivity contribution in [2.45, 2.75) is 39.5 Å². The summed E-state index contributed by atoms with van der Waals surface area (Å²) in [7, 11) is 2.13. The summed E-state index contributed by atoms with van der Waals surface area (Å²) in [5.74, 6) is 1.21. The highest BCUT2D eigenvalue weighted by molar-refractivity contribution is 7.98. The van der Waals surface area contributed by atoms with E-state index in [1.165, 1.54) is 12.2 Å². The minimum Gasteiger partial charge on any atom is -0.352 e. The molecule has 98 valence electrons. The molecule has 0 N–H and O–H groups in total. The molecule has 0 aromatic carbocycles. The second-order valence-electron chi connectivity index (χ2n) is 3.91. The van der Waals surface area contributed by atoms with Crippen LogP contribution in [0.15, 0.2) is 0 Å². The molecule has 0 aliphatic rings. The van der Waals surface area contributed by atoms with Gasteiger partial charge in [-0.3, -0.25) is 4.90 Å². The van der Waals surface area contributed by atoms with Crippen molar-refractivity contribution in [3.05, 3.63) is 0 Å². The Balaban J connectivity index is 3.90. The summed E-state index contributed by atoms with van der Waals surface area (Å²) in [6.07, 6.45) is 3.27. The van der Waals surface area contributed by atoms with Gasteiger partial charge in [-0.25, -0.2) is 0 Å². The molecule has 0 aromatic rings. The number of ether oxygens (including phenoxy) is 2. The van der Waals surface area contributed by atoms with Crippen molar-refractivity contribution in [3.8, 4) is 0 Å². The topological polar surface area (TPSA) is 21.7 Å². The van der Waals surface area contributed by atoms with Crippen LogP contribution in [0.5, 0.6) is 0 Å². The Hall–Kier alpha value is 0.230. The third kappa shape index (κ3) is 7.49. The van der Waals surface area contributed by atoms with Gasteiger partial charge in [-0.05, 0) is 46.2 Å². The van der Waals surface area contributed by atoms with Gasteiger partial charge >= 0.3 is 0 Å². The number of rotatable bonds is 10. The summed E-state index contributed by atoms with van der Waals surface area (Å²) in [6, 6.07) is 0.580. The van der Waals surface area contributed by atoms with E-state index in [1.807, 2.05) is 25.6 Å². The molecule has 16 heavy (non-hydrogen) atoms. The van der Waals surface area contributed by atoms with E-state index in [0.29, 0.717) is 19.3 Å². The van der Waals surface area contributed by atoms with Crippen molar-refractivity contribution < 1.29 is 9.47 Å². The van der Waals surface area contributed by atoms with E-state index < -0.39 is 0 Å². The van der Waals surface area contributed by atoms with Gasteiger partial charge in [0.15, 0.2) is 6.29 Å². The largest absolute Gasteiger partial charge is 0.352 e. The molecule has 0 bridgehead atoms. The summed E-state index contributed by atoms with van der Waals surface area (Å²) >= 11 is 1.90. The maximum absolute atomic E-state index is 5.54. The SMILES string of the molecule is CCOC(CN(C)C(C)CCSC)OCC. The lowest BCUT2D eigenvalue weighted by molar-refractivity contribution is -0.147. The van der Waals surface area contributed by atoms with Gasteiger partial charge < -0.3 is 9.47 Å². The molecular formula is C12H27NO2S. The van der Waals surface area contributed by atoms with Crippen LogP contribution in [0.25, 0.3) is 0 Å². The van der Waals surface area contributed by atoms with E-state index in [4.69, 9.17) is 9.47 Å². The fourth-order valence-corrected chi connectivity index (χ4v) is 2.03. The van der Waals surface area contributed by atoms with Gasteiger partial charge in [0.05, 0.1) is 0 Å². The van der Waals surface area contributed by atoms with Crippen molar-refractivity contribution in [2.75, 3.05) is 38.8 Å². The minimum absolute atomic E-state index is 0.0864. The van der Waals surface area contributed by atoms with Gasteiger partial charge in [-0.15, -0.1) is 0 Å². The summed E-state index contributed by atoms with van der Waals surface area (Å²) in [4.78, 5) is 2.31. The van der Waals surface area contributed by atoms with Crippen LogP contribution in [0.2, 0.25) is 0 Å². The molecule has 0 heterocycles. The van der Waals surface area contributed by atoms with Crippen molar-refractivity contribution >= 4 is 11.8 Å². The molecular weight excluding hydrogens is 222 g/mol. The first-order valence-electron chi connectivity index (χ1n) is 6.08. The number of hydrogen-bond donors (Lipinski definition) is 0. The van der Waals surface area contributed by atoms with Crippen LogP contribution in [0.4, 0.5) is 0 Å². The van der Waals surface area contributed by atoms with E-state index in [9.17, 15) is 0 Å². The Labute approximate surface area is 105 Å². The Morgan fingerprint density at radius 3 is 2.19 bits per heavy atom. The normalized spacial score (nSPS) is 13.7. The number of thioether (sulfide) groups is 1. The molecule has 0 aliphatic heterocycles. The van der Waals surface area contributed by atoms with Crippen molar-refractivity contribution in [2.24, 2.45) is 0 Å². The predicted molar refractivity (Wildman–Crippen MR) is 72.1 cm³/mol. The van der Waals surface area contributed by atoms with E-state index in [1.54, 1.807) is 0 Å². The van der Waals surface area contributed by atoms with Crippen molar-refractivity contribution in [1.29, 1.82) is 0 Å². The fourth-order valence-electron chi connectivity index (χ4n) is 1.45. The average molecular weight is 249 g/mol. The highest BCUT2D eigenvalue weighted by Crippen LogP contribution is 2.08. The fraction of sp³-hybridized carbons (Fsp3) is 1.00. The van der Waals surface area contributed by atoms with Crippen LogP contribution < -0.4 is 0 Å². The van der Waals surface area contributed by atoms with E-state index in [2.05, 4.69) is 25.1 Å². The number of nitrogens with zero attached hydrogens (tertiary/aromatic N) is 1. The smallest absolute Gasteiger partial charge is 0.170 e. The van der Waals surface area contributed by atoms with Crippen LogP contribution in [0, 0.1) is 0 Å². The van der Waals surface area contributed by atoms with Gasteiger partial charge in [0.1, 0.15) is 0 Å². The summed E-state index contributed by atoms with van der Waals surface area (Å²) in [6.45, 7) is 8.52. The first-order valence-corrected chi connectivity index (χ1v) is 7.47. The first kappa shape index (κ1) is 16.2. The second-order valence-corrected chi connectivity index (χ2v) is 4.90. The molecule has 3 nitrogen and oxygen atoms in total. The highest BCUT2D eigenvalue weighted by atomic mass is 32.2. The Morgan fingerprint density at radius 1 is 1.19 bits per heavy atom. The Kier molecular flexibility index (Phi) is 10.5. The highest BCUT2D eigenvalue weighted by Gasteiger charge is 2.15. The zero-order valence-electron chi connectivity index (χ0n) is 11.4. The van der Waals surface area contributed by atoms with Crippen LogP contribution in [0.1, 0.15) is 27.2 Å². The molecule has 0 spiro atoms. The molecule has 0 amide bonds. The second kappa shape index (κ2) is 10.4. The average Bonchev–Trinajstić information content (AvgIpc) is 2.26. The molecule has 0 fully saturated rings. The minimum atomic E-state index is -0.0864. The lowest BCUT2D eigenvalue weighted by atomic mass is 10.2. The van der Waals surface area contributed by atoms with E-state index >= 15 is 0 Å². The van der Waals surface area contributed by atoms with Crippen LogP contribution in [0.3, 0.4) is 0 Å². The number of hydrogen-bond acceptors (Lipinski definition) is 4. The molecule has 0 saturated heterocycles. The van der Waals surface area contributed by atoms with Gasteiger partial charge in [-0.1, -0.05) is 0 Å². The first-order chi connectivity index (χ1) is 7.65. The zero-order chi connectivity index (χ0) is 12.4. The summed E-state index contributed by atoms with van der Waals surface area (Å²) < 4.78 is 11.1. The lowest BCUT2D eigenvalue weighted by Crippen LogP contribution is -2.38. The summed E-state index contributed by atoms with van der Waals surface area (Å²) in [5.41, 5.74) is 0. The van der Waals surface area contributed by atoms with Crippen LogP contribution in [-0.4, -0.2) is 56.0 Å². The van der Waals surface area contributed by atoms with Gasteiger partial charge in [0, 0.05) is 25.8 Å².